The Morgan fingerprint density at radius 3 is 3.00 bits per heavy atom. The second-order valence-electron chi connectivity index (χ2n) is 5.85. The van der Waals surface area contributed by atoms with E-state index in [1.807, 2.05) is 0 Å². The topological polar surface area (TPSA) is 24.5 Å². The van der Waals surface area contributed by atoms with Crippen molar-refractivity contribution in [2.45, 2.75) is 38.3 Å². The molecular weight excluding hydrogens is 328 g/mol. The fourth-order valence-corrected chi connectivity index (χ4v) is 3.23. The van der Waals surface area contributed by atoms with Crippen molar-refractivity contribution in [2.75, 3.05) is 33.4 Å². The third-order valence-corrected chi connectivity index (χ3v) is 4.68. The molecule has 0 aliphatic carbocycles. The van der Waals surface area contributed by atoms with Gasteiger partial charge >= 0.3 is 0 Å². The molecule has 0 radical (unpaired) electrons. The summed E-state index contributed by atoms with van der Waals surface area (Å²) in [6.45, 7) is 6.18. The Bertz CT molecular complexity index is 421. The van der Waals surface area contributed by atoms with Crippen molar-refractivity contribution in [3.05, 3.63) is 34.3 Å². The molecule has 2 atom stereocenters. The molecule has 1 aliphatic rings. The minimum atomic E-state index is 0.423. The maximum absolute atomic E-state index is 5.49. The Morgan fingerprint density at radius 1 is 1.48 bits per heavy atom. The van der Waals surface area contributed by atoms with Gasteiger partial charge in [0.1, 0.15) is 0 Å². The van der Waals surface area contributed by atoms with Gasteiger partial charge < -0.3 is 15.0 Å². The Morgan fingerprint density at radius 2 is 2.33 bits per heavy atom. The summed E-state index contributed by atoms with van der Waals surface area (Å²) in [7, 11) is 2.22. The van der Waals surface area contributed by atoms with Crippen LogP contribution < -0.4 is 5.32 Å². The Labute approximate surface area is 137 Å². The molecule has 1 heterocycles. The van der Waals surface area contributed by atoms with Crippen molar-refractivity contribution >= 4 is 15.9 Å². The summed E-state index contributed by atoms with van der Waals surface area (Å²) < 4.78 is 6.64. The smallest absolute Gasteiger partial charge is 0.0622 e. The molecule has 0 spiro atoms. The zero-order chi connectivity index (χ0) is 15.1. The van der Waals surface area contributed by atoms with Crippen LogP contribution in [0.5, 0.6) is 0 Å². The minimum absolute atomic E-state index is 0.423. The first kappa shape index (κ1) is 16.9. The van der Waals surface area contributed by atoms with Gasteiger partial charge in [0.05, 0.1) is 6.61 Å². The average molecular weight is 355 g/mol. The monoisotopic (exact) mass is 354 g/mol. The lowest BCUT2D eigenvalue weighted by atomic mass is 10.0. The zero-order valence-electron chi connectivity index (χ0n) is 13.1. The minimum Gasteiger partial charge on any atom is -0.380 e. The Balaban J connectivity index is 1.92. The summed E-state index contributed by atoms with van der Waals surface area (Å²) >= 11 is 3.58. The number of hydrogen-bond donors (Lipinski definition) is 1. The number of ether oxygens (including phenoxy) is 1. The van der Waals surface area contributed by atoms with Crippen LogP contribution in [0.2, 0.25) is 0 Å². The molecule has 0 bridgehead atoms. The highest BCUT2D eigenvalue weighted by Gasteiger charge is 2.21. The lowest BCUT2D eigenvalue weighted by Crippen LogP contribution is -2.35. The molecule has 0 aromatic heterocycles. The van der Waals surface area contributed by atoms with E-state index >= 15 is 0 Å². The molecule has 1 aliphatic heterocycles. The number of nitrogens with zero attached hydrogens (tertiary/aromatic N) is 1. The molecule has 118 valence electrons. The first-order chi connectivity index (χ1) is 10.2. The predicted molar refractivity (Wildman–Crippen MR) is 91.6 cm³/mol. The van der Waals surface area contributed by atoms with Crippen LogP contribution in [0.3, 0.4) is 0 Å². The normalized spacial score (nSPS) is 20.1. The van der Waals surface area contributed by atoms with Crippen LogP contribution in [0, 0.1) is 0 Å². The number of halogens is 1. The van der Waals surface area contributed by atoms with Gasteiger partial charge in [-0.05, 0) is 50.6 Å². The maximum atomic E-state index is 5.49. The van der Waals surface area contributed by atoms with Gasteiger partial charge in [0.15, 0.2) is 0 Å². The molecule has 2 rings (SSSR count). The van der Waals surface area contributed by atoms with Crippen LogP contribution in [0.4, 0.5) is 0 Å². The maximum Gasteiger partial charge on any atom is 0.0622 e. The van der Waals surface area contributed by atoms with E-state index in [4.69, 9.17) is 4.74 Å². The molecule has 1 fully saturated rings. The van der Waals surface area contributed by atoms with Gasteiger partial charge in [-0.25, -0.2) is 0 Å². The van der Waals surface area contributed by atoms with Gasteiger partial charge in [0, 0.05) is 29.7 Å². The molecular formula is C17H27BrN2O. The molecule has 1 N–H and O–H groups in total. The van der Waals surface area contributed by atoms with Gasteiger partial charge in [-0.3, -0.25) is 0 Å². The van der Waals surface area contributed by atoms with Crippen LogP contribution >= 0.6 is 15.9 Å². The van der Waals surface area contributed by atoms with Crippen molar-refractivity contribution in [1.82, 2.24) is 10.2 Å². The third-order valence-electron chi connectivity index (χ3n) is 4.19. The van der Waals surface area contributed by atoms with Crippen LogP contribution in [0.15, 0.2) is 28.7 Å². The molecule has 3 nitrogen and oxygen atoms in total. The molecule has 21 heavy (non-hydrogen) atoms. The summed E-state index contributed by atoms with van der Waals surface area (Å²) in [5, 5.41) is 3.68. The largest absolute Gasteiger partial charge is 0.380 e. The van der Waals surface area contributed by atoms with Crippen molar-refractivity contribution in [3.8, 4) is 0 Å². The summed E-state index contributed by atoms with van der Waals surface area (Å²) in [5.41, 5.74) is 1.37. The molecule has 0 saturated carbocycles. The fourth-order valence-electron chi connectivity index (χ4n) is 2.81. The van der Waals surface area contributed by atoms with E-state index < -0.39 is 0 Å². The van der Waals surface area contributed by atoms with Gasteiger partial charge in [0.25, 0.3) is 0 Å². The molecule has 1 saturated heterocycles. The molecule has 1 aromatic carbocycles. The van der Waals surface area contributed by atoms with Gasteiger partial charge in [-0.1, -0.05) is 35.0 Å². The lowest BCUT2D eigenvalue weighted by Gasteiger charge is -2.26. The highest BCUT2D eigenvalue weighted by Crippen LogP contribution is 2.22. The molecule has 4 heteroatoms. The summed E-state index contributed by atoms with van der Waals surface area (Å²) in [4.78, 5) is 2.45. The highest BCUT2D eigenvalue weighted by molar-refractivity contribution is 9.10. The molecule has 2 unspecified atom stereocenters. The van der Waals surface area contributed by atoms with Crippen molar-refractivity contribution in [3.63, 3.8) is 0 Å². The standard InChI is InChI=1S/C17H27BrN2O/c1-3-9-19-17(14-5-4-6-15(18)12-14)7-10-20(2)16-8-11-21-13-16/h4-6,12,16-17,19H,3,7-11,13H2,1-2H3. The van der Waals surface area contributed by atoms with Crippen molar-refractivity contribution < 1.29 is 4.74 Å². The summed E-state index contributed by atoms with van der Waals surface area (Å²) in [6, 6.07) is 9.67. The number of likely N-dealkylation sites (N-methyl/N-ethyl adjacent to an activating group) is 1. The SMILES string of the molecule is CCCNC(CCN(C)C1CCOC1)c1cccc(Br)c1. The second-order valence-corrected chi connectivity index (χ2v) is 6.76. The Hall–Kier alpha value is -0.420. The fraction of sp³-hybridized carbons (Fsp3) is 0.647. The van der Waals surface area contributed by atoms with E-state index in [1.54, 1.807) is 0 Å². The molecule has 0 amide bonds. The number of rotatable bonds is 8. The molecule has 1 aromatic rings. The number of benzene rings is 1. The van der Waals surface area contributed by atoms with E-state index in [1.165, 1.54) is 12.0 Å². The second kappa shape index (κ2) is 8.89. The van der Waals surface area contributed by atoms with Crippen LogP contribution in [-0.4, -0.2) is 44.3 Å². The summed E-state index contributed by atoms with van der Waals surface area (Å²) in [6.07, 6.45) is 3.46. The zero-order valence-corrected chi connectivity index (χ0v) is 14.7. The first-order valence-corrected chi connectivity index (χ1v) is 8.77. The average Bonchev–Trinajstić information content (AvgIpc) is 3.01. The predicted octanol–water partition coefficient (Wildman–Crippen LogP) is 3.60. The van der Waals surface area contributed by atoms with Crippen molar-refractivity contribution in [1.29, 1.82) is 0 Å². The Kier molecular flexibility index (Phi) is 7.17. The van der Waals surface area contributed by atoms with E-state index in [0.717, 1.165) is 43.6 Å². The van der Waals surface area contributed by atoms with E-state index in [9.17, 15) is 0 Å². The summed E-state index contributed by atoms with van der Waals surface area (Å²) in [5.74, 6) is 0. The van der Waals surface area contributed by atoms with Crippen LogP contribution in [-0.2, 0) is 4.74 Å². The van der Waals surface area contributed by atoms with E-state index in [-0.39, 0.29) is 0 Å². The highest BCUT2D eigenvalue weighted by atomic mass is 79.9. The third kappa shape index (κ3) is 5.37. The van der Waals surface area contributed by atoms with Crippen LogP contribution in [0.25, 0.3) is 0 Å². The van der Waals surface area contributed by atoms with E-state index in [2.05, 4.69) is 64.4 Å². The number of hydrogen-bond acceptors (Lipinski definition) is 3. The van der Waals surface area contributed by atoms with Gasteiger partial charge in [-0.15, -0.1) is 0 Å². The van der Waals surface area contributed by atoms with Gasteiger partial charge in [-0.2, -0.15) is 0 Å². The van der Waals surface area contributed by atoms with E-state index in [0.29, 0.717) is 12.1 Å². The quantitative estimate of drug-likeness (QED) is 0.771. The van der Waals surface area contributed by atoms with Crippen LogP contribution in [0.1, 0.15) is 37.8 Å². The van der Waals surface area contributed by atoms with Crippen molar-refractivity contribution in [2.24, 2.45) is 0 Å². The van der Waals surface area contributed by atoms with Gasteiger partial charge in [0.2, 0.25) is 0 Å². The first-order valence-electron chi connectivity index (χ1n) is 7.97. The number of nitrogens with one attached hydrogen (secondary N) is 1. The lowest BCUT2D eigenvalue weighted by molar-refractivity contribution is 0.156.